The van der Waals surface area contributed by atoms with Crippen LogP contribution in [0.1, 0.15) is 9.67 Å². The number of amides is 1. The van der Waals surface area contributed by atoms with Gasteiger partial charge in [-0.15, -0.1) is 11.3 Å². The van der Waals surface area contributed by atoms with Crippen LogP contribution in [0.4, 0.5) is 10.1 Å². The fraction of sp³-hybridized carbons (Fsp3) is 0.0769. The Morgan fingerprint density at radius 3 is 2.81 bits per heavy atom. The second kappa shape index (κ2) is 6.68. The summed E-state index contributed by atoms with van der Waals surface area (Å²) in [6, 6.07) is 5.31. The molecule has 2 rings (SSSR count). The van der Waals surface area contributed by atoms with Gasteiger partial charge in [-0.25, -0.2) is 9.18 Å². The maximum Gasteiger partial charge on any atom is 0.348 e. The monoisotopic (exact) mass is 373 g/mol. The summed E-state index contributed by atoms with van der Waals surface area (Å²) in [5.74, 6) is -1.73. The minimum Gasteiger partial charge on any atom is -0.483 e. The van der Waals surface area contributed by atoms with E-state index in [0.717, 1.165) is 11.3 Å². The Kier molecular flexibility index (Phi) is 4.92. The zero-order valence-electron chi connectivity index (χ0n) is 10.4. The Morgan fingerprint density at radius 2 is 2.14 bits per heavy atom. The maximum atomic E-state index is 12.9. The van der Waals surface area contributed by atoms with Gasteiger partial charge in [-0.05, 0) is 45.6 Å². The quantitative estimate of drug-likeness (QED) is 0.842. The molecule has 0 saturated carbocycles. The summed E-state index contributed by atoms with van der Waals surface area (Å²) < 4.78 is 18.5. The lowest BCUT2D eigenvalue weighted by Gasteiger charge is -2.08. The largest absolute Gasteiger partial charge is 0.483 e. The first-order valence-electron chi connectivity index (χ1n) is 5.66. The van der Waals surface area contributed by atoms with Crippen LogP contribution < -0.4 is 10.1 Å². The van der Waals surface area contributed by atoms with E-state index < -0.39 is 17.7 Å². The molecule has 0 unspecified atom stereocenters. The van der Waals surface area contributed by atoms with Crippen LogP contribution in [0.25, 0.3) is 0 Å². The zero-order valence-corrected chi connectivity index (χ0v) is 12.8. The van der Waals surface area contributed by atoms with Crippen molar-refractivity contribution in [3.8, 4) is 5.75 Å². The molecule has 0 spiro atoms. The standard InChI is InChI=1S/C13H9BrFNO4S/c14-8-5-7(15)1-2-10(8)20-6-11(17)16-9-3-4-21-12(9)13(18)19/h1-5H,6H2,(H,16,17)(H,18,19). The number of carbonyl (C=O) groups excluding carboxylic acids is 1. The first kappa shape index (κ1) is 15.5. The van der Waals surface area contributed by atoms with Gasteiger partial charge in [-0.3, -0.25) is 4.79 Å². The number of halogens is 2. The van der Waals surface area contributed by atoms with Crippen molar-refractivity contribution in [2.45, 2.75) is 0 Å². The van der Waals surface area contributed by atoms with Gasteiger partial charge in [-0.1, -0.05) is 0 Å². The van der Waals surface area contributed by atoms with Crippen LogP contribution >= 0.6 is 27.3 Å². The molecular weight excluding hydrogens is 365 g/mol. The van der Waals surface area contributed by atoms with Crippen molar-refractivity contribution in [3.63, 3.8) is 0 Å². The maximum absolute atomic E-state index is 12.9. The summed E-state index contributed by atoms with van der Waals surface area (Å²) in [6.07, 6.45) is 0. The van der Waals surface area contributed by atoms with Gasteiger partial charge in [-0.2, -0.15) is 0 Å². The van der Waals surface area contributed by atoms with Gasteiger partial charge in [0.1, 0.15) is 16.4 Å². The Labute approximate surface area is 131 Å². The van der Waals surface area contributed by atoms with Crippen LogP contribution in [-0.2, 0) is 4.79 Å². The van der Waals surface area contributed by atoms with E-state index in [4.69, 9.17) is 9.84 Å². The molecule has 0 atom stereocenters. The lowest BCUT2D eigenvalue weighted by molar-refractivity contribution is -0.118. The summed E-state index contributed by atoms with van der Waals surface area (Å²) in [4.78, 5) is 22.7. The molecule has 0 aliphatic rings. The predicted molar refractivity (Wildman–Crippen MR) is 79.5 cm³/mol. The predicted octanol–water partition coefficient (Wildman–Crippen LogP) is 3.37. The Balaban J connectivity index is 1.96. The zero-order chi connectivity index (χ0) is 15.4. The third kappa shape index (κ3) is 4.02. The van der Waals surface area contributed by atoms with Gasteiger partial charge < -0.3 is 15.2 Å². The minimum absolute atomic E-state index is 0.0475. The second-order valence-electron chi connectivity index (χ2n) is 3.88. The summed E-state index contributed by atoms with van der Waals surface area (Å²) in [7, 11) is 0. The molecule has 110 valence electrons. The van der Waals surface area contributed by atoms with Gasteiger partial charge in [0.05, 0.1) is 10.2 Å². The molecule has 2 N–H and O–H groups in total. The van der Waals surface area contributed by atoms with Crippen LogP contribution in [-0.4, -0.2) is 23.6 Å². The highest BCUT2D eigenvalue weighted by Gasteiger charge is 2.14. The first-order valence-corrected chi connectivity index (χ1v) is 7.33. The fourth-order valence-electron chi connectivity index (χ4n) is 1.50. The van der Waals surface area contributed by atoms with Crippen LogP contribution in [0.3, 0.4) is 0 Å². The lowest BCUT2D eigenvalue weighted by Crippen LogP contribution is -2.21. The lowest BCUT2D eigenvalue weighted by atomic mass is 10.3. The van der Waals surface area contributed by atoms with E-state index in [2.05, 4.69) is 21.2 Å². The smallest absolute Gasteiger partial charge is 0.348 e. The molecule has 0 radical (unpaired) electrons. The third-order valence-corrected chi connectivity index (χ3v) is 3.91. The fourth-order valence-corrected chi connectivity index (χ4v) is 2.65. The number of ether oxygens (including phenoxy) is 1. The average molecular weight is 374 g/mol. The van der Waals surface area contributed by atoms with Crippen molar-refractivity contribution in [1.82, 2.24) is 0 Å². The highest BCUT2D eigenvalue weighted by Crippen LogP contribution is 2.26. The topological polar surface area (TPSA) is 75.6 Å². The number of benzene rings is 1. The van der Waals surface area contributed by atoms with E-state index in [0.29, 0.717) is 10.2 Å². The van der Waals surface area contributed by atoms with Crippen LogP contribution in [0, 0.1) is 5.82 Å². The molecule has 5 nitrogen and oxygen atoms in total. The van der Waals surface area contributed by atoms with Crippen LogP contribution in [0.15, 0.2) is 34.1 Å². The Morgan fingerprint density at radius 1 is 1.38 bits per heavy atom. The van der Waals surface area contributed by atoms with Crippen LogP contribution in [0.5, 0.6) is 5.75 Å². The summed E-state index contributed by atoms with van der Waals surface area (Å²) in [6.45, 7) is -0.320. The normalized spacial score (nSPS) is 10.2. The highest BCUT2D eigenvalue weighted by atomic mass is 79.9. The van der Waals surface area contributed by atoms with E-state index in [9.17, 15) is 14.0 Å². The Bertz CT molecular complexity index is 689. The van der Waals surface area contributed by atoms with Gasteiger partial charge in [0, 0.05) is 0 Å². The number of rotatable bonds is 5. The van der Waals surface area contributed by atoms with Crippen LogP contribution in [0.2, 0.25) is 0 Å². The van der Waals surface area contributed by atoms with Crippen molar-refractivity contribution in [1.29, 1.82) is 0 Å². The molecule has 2 aromatic rings. The van der Waals surface area contributed by atoms with E-state index in [-0.39, 0.29) is 17.2 Å². The molecule has 1 amide bonds. The first-order chi connectivity index (χ1) is 9.97. The SMILES string of the molecule is O=C(COc1ccc(F)cc1Br)Nc1ccsc1C(=O)O. The number of thiophene rings is 1. The molecule has 0 bridgehead atoms. The van der Waals surface area contributed by atoms with Crippen molar-refractivity contribution < 1.29 is 23.8 Å². The van der Waals surface area contributed by atoms with Crippen molar-refractivity contribution in [2.75, 3.05) is 11.9 Å². The molecule has 1 aromatic heterocycles. The van der Waals surface area contributed by atoms with Gasteiger partial charge in [0.2, 0.25) is 0 Å². The number of hydrogen-bond donors (Lipinski definition) is 2. The molecule has 0 fully saturated rings. The van der Waals surface area contributed by atoms with Gasteiger partial charge >= 0.3 is 5.97 Å². The van der Waals surface area contributed by atoms with E-state index in [1.165, 1.54) is 24.3 Å². The van der Waals surface area contributed by atoms with E-state index in [1.807, 2.05) is 0 Å². The highest BCUT2D eigenvalue weighted by molar-refractivity contribution is 9.10. The number of aromatic carboxylic acids is 1. The van der Waals surface area contributed by atoms with Crippen molar-refractivity contribution >= 4 is 44.8 Å². The average Bonchev–Trinajstić information content (AvgIpc) is 2.86. The molecule has 0 aliphatic carbocycles. The molecule has 0 saturated heterocycles. The number of carboxylic acid groups (broad SMARTS) is 1. The summed E-state index contributed by atoms with van der Waals surface area (Å²) in [5.41, 5.74) is 0.222. The van der Waals surface area contributed by atoms with Crippen molar-refractivity contribution in [3.05, 3.63) is 44.8 Å². The summed E-state index contributed by atoms with van der Waals surface area (Å²) in [5, 5.41) is 12.9. The van der Waals surface area contributed by atoms with Gasteiger partial charge in [0.25, 0.3) is 5.91 Å². The third-order valence-electron chi connectivity index (χ3n) is 2.39. The van der Waals surface area contributed by atoms with Gasteiger partial charge in [0.15, 0.2) is 6.61 Å². The second-order valence-corrected chi connectivity index (χ2v) is 5.65. The number of carbonyl (C=O) groups is 2. The molecule has 0 aliphatic heterocycles. The van der Waals surface area contributed by atoms with E-state index >= 15 is 0 Å². The molecular formula is C13H9BrFNO4S. The van der Waals surface area contributed by atoms with Crippen molar-refractivity contribution in [2.24, 2.45) is 0 Å². The minimum atomic E-state index is -1.11. The number of nitrogens with one attached hydrogen (secondary N) is 1. The Hall–Kier alpha value is -1.93. The number of anilines is 1. The number of hydrogen-bond acceptors (Lipinski definition) is 4. The molecule has 8 heteroatoms. The summed E-state index contributed by atoms with van der Waals surface area (Å²) >= 11 is 4.13. The molecule has 1 aromatic carbocycles. The number of carboxylic acids is 1. The molecule has 21 heavy (non-hydrogen) atoms. The molecule has 1 heterocycles. The van der Waals surface area contributed by atoms with E-state index in [1.54, 1.807) is 5.38 Å².